The molecule has 0 bridgehead atoms. The van der Waals surface area contributed by atoms with Gasteiger partial charge in [0, 0.05) is 12.1 Å². The molecule has 102 valence electrons. The van der Waals surface area contributed by atoms with Crippen molar-refractivity contribution in [3.63, 3.8) is 0 Å². The van der Waals surface area contributed by atoms with Gasteiger partial charge in [-0.05, 0) is 18.2 Å². The molecule has 2 N–H and O–H groups in total. The zero-order valence-corrected chi connectivity index (χ0v) is 11.5. The number of aryl methyl sites for hydroxylation is 1. The van der Waals surface area contributed by atoms with E-state index in [2.05, 4.69) is 10.1 Å². The number of sulfonamides is 1. The smallest absolute Gasteiger partial charge is 0.241 e. The maximum absolute atomic E-state index is 11.4. The van der Waals surface area contributed by atoms with E-state index in [9.17, 15) is 8.42 Å². The number of hydrogen-bond acceptors (Lipinski definition) is 5. The van der Waals surface area contributed by atoms with Gasteiger partial charge in [-0.15, -0.1) is 0 Å². The highest BCUT2D eigenvalue weighted by atomic mass is 35.5. The minimum absolute atomic E-state index is 0.0701. The van der Waals surface area contributed by atoms with Crippen LogP contribution in [0, 0.1) is 0 Å². The lowest BCUT2D eigenvalue weighted by molar-refractivity contribution is 0.282. The summed E-state index contributed by atoms with van der Waals surface area (Å²) in [7, 11) is -2.21. The van der Waals surface area contributed by atoms with Crippen molar-refractivity contribution in [1.29, 1.82) is 0 Å². The molecule has 0 atom stereocenters. The normalized spacial score (nSPS) is 11.5. The lowest BCUT2D eigenvalue weighted by atomic mass is 10.3. The molecule has 0 saturated carbocycles. The predicted molar refractivity (Wildman–Crippen MR) is 68.2 cm³/mol. The van der Waals surface area contributed by atoms with Crippen molar-refractivity contribution < 1.29 is 13.2 Å². The first-order chi connectivity index (χ1) is 8.88. The quantitative estimate of drug-likeness (QED) is 0.896. The highest BCUT2D eigenvalue weighted by Gasteiger charge is 2.16. The lowest BCUT2D eigenvalue weighted by Crippen LogP contribution is -2.14. The number of aromatic nitrogens is 3. The van der Waals surface area contributed by atoms with Crippen molar-refractivity contribution in [2.75, 3.05) is 0 Å². The van der Waals surface area contributed by atoms with Gasteiger partial charge in [0.15, 0.2) is 5.82 Å². The van der Waals surface area contributed by atoms with Gasteiger partial charge in [-0.25, -0.2) is 18.5 Å². The Balaban J connectivity index is 2.28. The van der Waals surface area contributed by atoms with Gasteiger partial charge in [0.1, 0.15) is 23.6 Å². The molecule has 1 aromatic heterocycles. The standard InChI is InChI=1S/C10H11ClN4O3S/c1-15-10(13-6-14-15)5-18-8-3-2-7(11)4-9(8)19(12,16)17/h2-4,6H,5H2,1H3,(H2,12,16,17). The Morgan fingerprint density at radius 1 is 1.47 bits per heavy atom. The summed E-state index contributed by atoms with van der Waals surface area (Å²) in [6, 6.07) is 4.20. The van der Waals surface area contributed by atoms with Crippen LogP contribution in [0.3, 0.4) is 0 Å². The Labute approximate surface area is 115 Å². The van der Waals surface area contributed by atoms with Crippen molar-refractivity contribution >= 4 is 21.6 Å². The van der Waals surface area contributed by atoms with Crippen molar-refractivity contribution in [3.8, 4) is 5.75 Å². The van der Waals surface area contributed by atoms with E-state index >= 15 is 0 Å². The van der Waals surface area contributed by atoms with Crippen LogP contribution in [0.15, 0.2) is 29.4 Å². The largest absolute Gasteiger partial charge is 0.484 e. The Morgan fingerprint density at radius 2 is 2.21 bits per heavy atom. The Morgan fingerprint density at radius 3 is 2.79 bits per heavy atom. The van der Waals surface area contributed by atoms with Crippen LogP contribution in [-0.4, -0.2) is 23.2 Å². The zero-order chi connectivity index (χ0) is 14.0. The third-order valence-corrected chi connectivity index (χ3v) is 3.54. The number of nitrogens with two attached hydrogens (primary N) is 1. The molecule has 1 heterocycles. The maximum Gasteiger partial charge on any atom is 0.241 e. The van der Waals surface area contributed by atoms with Crippen LogP contribution >= 0.6 is 11.6 Å². The second-order valence-corrected chi connectivity index (χ2v) is 5.69. The molecule has 0 aliphatic carbocycles. The molecule has 0 aliphatic heterocycles. The highest BCUT2D eigenvalue weighted by molar-refractivity contribution is 7.89. The Bertz CT molecular complexity index is 699. The summed E-state index contributed by atoms with van der Waals surface area (Å²) >= 11 is 5.75. The Hall–Kier alpha value is -1.64. The minimum atomic E-state index is -3.91. The van der Waals surface area contributed by atoms with Crippen LogP contribution in [0.4, 0.5) is 0 Å². The fraction of sp³-hybridized carbons (Fsp3) is 0.200. The molecule has 2 rings (SSSR count). The van der Waals surface area contributed by atoms with Crippen LogP contribution in [0.5, 0.6) is 5.75 Å². The third-order valence-electron chi connectivity index (χ3n) is 2.37. The topological polar surface area (TPSA) is 100 Å². The number of hydrogen-bond donors (Lipinski definition) is 1. The summed E-state index contributed by atoms with van der Waals surface area (Å²) in [4.78, 5) is 3.80. The number of rotatable bonds is 4. The average Bonchev–Trinajstić information content (AvgIpc) is 2.72. The van der Waals surface area contributed by atoms with E-state index in [4.69, 9.17) is 21.5 Å². The fourth-order valence-corrected chi connectivity index (χ4v) is 2.35. The van der Waals surface area contributed by atoms with Gasteiger partial charge in [0.05, 0.1) is 0 Å². The number of halogens is 1. The average molecular weight is 303 g/mol. The van der Waals surface area contributed by atoms with E-state index in [1.807, 2.05) is 0 Å². The monoisotopic (exact) mass is 302 g/mol. The first-order valence-corrected chi connectivity index (χ1v) is 7.08. The molecule has 0 fully saturated rings. The van der Waals surface area contributed by atoms with Gasteiger partial charge in [-0.3, -0.25) is 4.68 Å². The molecular weight excluding hydrogens is 292 g/mol. The van der Waals surface area contributed by atoms with Gasteiger partial charge in [0.2, 0.25) is 10.0 Å². The molecule has 0 aliphatic rings. The molecule has 19 heavy (non-hydrogen) atoms. The van der Waals surface area contributed by atoms with Crippen molar-refractivity contribution in [2.45, 2.75) is 11.5 Å². The first-order valence-electron chi connectivity index (χ1n) is 5.16. The van der Waals surface area contributed by atoms with Crippen LogP contribution in [0.25, 0.3) is 0 Å². The summed E-state index contributed by atoms with van der Waals surface area (Å²) in [5.74, 6) is 0.671. The van der Waals surface area contributed by atoms with E-state index < -0.39 is 10.0 Å². The zero-order valence-electron chi connectivity index (χ0n) is 9.95. The first kappa shape index (κ1) is 13.8. The maximum atomic E-state index is 11.4. The van der Waals surface area contributed by atoms with E-state index in [1.54, 1.807) is 7.05 Å². The molecule has 0 radical (unpaired) electrons. The summed E-state index contributed by atoms with van der Waals surface area (Å²) in [5, 5.41) is 9.24. The van der Waals surface area contributed by atoms with Crippen LogP contribution in [0.1, 0.15) is 5.82 Å². The van der Waals surface area contributed by atoms with E-state index in [1.165, 1.54) is 29.2 Å². The van der Waals surface area contributed by atoms with Gasteiger partial charge in [-0.2, -0.15) is 5.10 Å². The fourth-order valence-electron chi connectivity index (χ4n) is 1.42. The number of benzene rings is 1. The molecule has 7 nitrogen and oxygen atoms in total. The molecule has 0 spiro atoms. The summed E-state index contributed by atoms with van der Waals surface area (Å²) in [6.45, 7) is 0.0701. The van der Waals surface area contributed by atoms with Crippen molar-refractivity contribution in [2.24, 2.45) is 12.2 Å². The van der Waals surface area contributed by atoms with E-state index in [0.29, 0.717) is 5.82 Å². The van der Waals surface area contributed by atoms with Crippen LogP contribution in [-0.2, 0) is 23.7 Å². The molecule has 0 saturated heterocycles. The van der Waals surface area contributed by atoms with Gasteiger partial charge < -0.3 is 4.74 Å². The van der Waals surface area contributed by atoms with E-state index in [0.717, 1.165) is 0 Å². The molecule has 1 aromatic carbocycles. The third kappa shape index (κ3) is 3.22. The van der Waals surface area contributed by atoms with Crippen molar-refractivity contribution in [3.05, 3.63) is 35.4 Å². The van der Waals surface area contributed by atoms with Crippen LogP contribution in [0.2, 0.25) is 5.02 Å². The summed E-state index contributed by atoms with van der Waals surface area (Å²) in [5.41, 5.74) is 0. The molecule has 0 unspecified atom stereocenters. The second kappa shape index (κ2) is 5.16. The lowest BCUT2D eigenvalue weighted by Gasteiger charge is -2.10. The van der Waals surface area contributed by atoms with Crippen LogP contribution < -0.4 is 9.88 Å². The molecular formula is C10H11ClN4O3S. The van der Waals surface area contributed by atoms with Gasteiger partial charge in [0.25, 0.3) is 0 Å². The summed E-state index contributed by atoms with van der Waals surface area (Å²) < 4.78 is 29.8. The minimum Gasteiger partial charge on any atom is -0.484 e. The molecule has 9 heteroatoms. The molecule has 0 amide bonds. The Kier molecular flexibility index (Phi) is 3.74. The van der Waals surface area contributed by atoms with Gasteiger partial charge in [-0.1, -0.05) is 11.6 Å². The van der Waals surface area contributed by atoms with Crippen molar-refractivity contribution in [1.82, 2.24) is 14.8 Å². The number of ether oxygens (including phenoxy) is 1. The van der Waals surface area contributed by atoms with Gasteiger partial charge >= 0.3 is 0 Å². The SMILES string of the molecule is Cn1ncnc1COc1ccc(Cl)cc1S(N)(=O)=O. The number of primary sulfonamides is 1. The summed E-state index contributed by atoms with van der Waals surface area (Å²) in [6.07, 6.45) is 1.38. The number of nitrogens with zero attached hydrogens (tertiary/aromatic N) is 3. The predicted octanol–water partition coefficient (Wildman–Crippen LogP) is 0.695. The molecule has 2 aromatic rings. The second-order valence-electron chi connectivity index (χ2n) is 3.72. The highest BCUT2D eigenvalue weighted by Crippen LogP contribution is 2.26. The van der Waals surface area contributed by atoms with E-state index in [-0.39, 0.29) is 22.3 Å².